The molecule has 0 aliphatic heterocycles. The molecule has 0 aliphatic rings. The van der Waals surface area contributed by atoms with E-state index in [9.17, 15) is 0 Å². The molecule has 0 heterocycles. The maximum atomic E-state index is 5.21. The van der Waals surface area contributed by atoms with Gasteiger partial charge in [-0.05, 0) is 6.42 Å². The number of hydrogen-bond donors (Lipinski definition) is 2. The van der Waals surface area contributed by atoms with Crippen LogP contribution in [0.1, 0.15) is 13.3 Å². The van der Waals surface area contributed by atoms with Crippen LogP contribution < -0.4 is 11.5 Å². The lowest BCUT2D eigenvalue weighted by molar-refractivity contribution is 1.06. The van der Waals surface area contributed by atoms with Crippen LogP contribution in [0, 0.1) is 0 Å². The Hall–Kier alpha value is -0.660. The van der Waals surface area contributed by atoms with E-state index in [1.807, 2.05) is 6.92 Å². The van der Waals surface area contributed by atoms with Crippen molar-refractivity contribution >= 4 is 0 Å². The van der Waals surface area contributed by atoms with Crippen molar-refractivity contribution < 1.29 is 0 Å². The van der Waals surface area contributed by atoms with Crippen molar-refractivity contribution in [3.8, 4) is 0 Å². The van der Waals surface area contributed by atoms with E-state index in [4.69, 9.17) is 11.5 Å². The molecule has 6 heavy (non-hydrogen) atoms. The van der Waals surface area contributed by atoms with Gasteiger partial charge in [0.15, 0.2) is 0 Å². The fraction of sp³-hybridized carbons (Fsp3) is 0.500. The maximum Gasteiger partial charge on any atom is 0.0235 e. The lowest BCUT2D eigenvalue weighted by atomic mass is 10.4. The fourth-order valence-corrected chi connectivity index (χ4v) is 0.118. The maximum absolute atomic E-state index is 5.21. The van der Waals surface area contributed by atoms with E-state index in [0.717, 1.165) is 12.1 Å². The Balaban J connectivity index is 3.22. The lowest BCUT2D eigenvalue weighted by Gasteiger charge is -1.86. The van der Waals surface area contributed by atoms with Crippen LogP contribution in [0.3, 0.4) is 0 Å². The Bertz CT molecular complexity index is 56.6. The second-order valence-electron chi connectivity index (χ2n) is 1.10. The monoisotopic (exact) mass is 86.1 g/mol. The van der Waals surface area contributed by atoms with Crippen molar-refractivity contribution in [2.24, 2.45) is 11.5 Å². The number of hydrogen-bond acceptors (Lipinski definition) is 2. The highest BCUT2D eigenvalue weighted by Gasteiger charge is 1.73. The summed E-state index contributed by atoms with van der Waals surface area (Å²) in [6, 6.07) is 0. The summed E-state index contributed by atoms with van der Waals surface area (Å²) < 4.78 is 0. The van der Waals surface area contributed by atoms with E-state index in [1.54, 1.807) is 0 Å². The Morgan fingerprint density at radius 3 is 2.33 bits per heavy atom. The average Bonchev–Trinajstić information content (AvgIpc) is 1.65. The smallest absolute Gasteiger partial charge is 0.0235 e. The summed E-state index contributed by atoms with van der Waals surface area (Å²) >= 11 is 0. The van der Waals surface area contributed by atoms with E-state index in [-0.39, 0.29) is 0 Å². The van der Waals surface area contributed by atoms with Crippen molar-refractivity contribution in [1.29, 1.82) is 0 Å². The molecule has 2 nitrogen and oxygen atoms in total. The number of allylic oxidation sites excluding steroid dienone is 1. The Morgan fingerprint density at radius 2 is 2.33 bits per heavy atom. The Labute approximate surface area is 37.8 Å². The average molecular weight is 86.1 g/mol. The molecule has 0 fully saturated rings. The van der Waals surface area contributed by atoms with Crippen LogP contribution >= 0.6 is 0 Å². The third kappa shape index (κ3) is 1.64. The third-order valence-corrected chi connectivity index (χ3v) is 0.622. The van der Waals surface area contributed by atoms with E-state index in [1.165, 1.54) is 6.20 Å². The summed E-state index contributed by atoms with van der Waals surface area (Å²) in [7, 11) is 0. The summed E-state index contributed by atoms with van der Waals surface area (Å²) in [4.78, 5) is 0. The predicted octanol–water partition coefficient (Wildman–Crippen LogP) is 0.155. The van der Waals surface area contributed by atoms with Crippen molar-refractivity contribution in [2.45, 2.75) is 13.3 Å². The molecule has 0 saturated carbocycles. The molecular formula is C4H10N2. The van der Waals surface area contributed by atoms with Gasteiger partial charge in [0.05, 0.1) is 0 Å². The molecule has 0 spiro atoms. The van der Waals surface area contributed by atoms with Crippen molar-refractivity contribution in [2.75, 3.05) is 0 Å². The van der Waals surface area contributed by atoms with Crippen LogP contribution in [0.5, 0.6) is 0 Å². The molecule has 0 aromatic carbocycles. The highest BCUT2D eigenvalue weighted by molar-refractivity contribution is 4.90. The summed E-state index contributed by atoms with van der Waals surface area (Å²) in [6.45, 7) is 1.96. The lowest BCUT2D eigenvalue weighted by Crippen LogP contribution is -1.97. The first kappa shape index (κ1) is 5.34. The Morgan fingerprint density at radius 1 is 1.83 bits per heavy atom. The van der Waals surface area contributed by atoms with Gasteiger partial charge in [0.1, 0.15) is 0 Å². The van der Waals surface area contributed by atoms with Crippen LogP contribution in [-0.2, 0) is 0 Å². The van der Waals surface area contributed by atoms with Gasteiger partial charge < -0.3 is 11.5 Å². The first-order chi connectivity index (χ1) is 2.81. The largest absolute Gasteiger partial charge is 0.403 e. The first-order valence-electron chi connectivity index (χ1n) is 1.97. The van der Waals surface area contributed by atoms with Crippen LogP contribution in [0.2, 0.25) is 0 Å². The summed E-state index contributed by atoms with van der Waals surface area (Å²) in [5, 5.41) is 0. The highest BCUT2D eigenvalue weighted by Crippen LogP contribution is 1.82. The van der Waals surface area contributed by atoms with E-state index in [0.29, 0.717) is 0 Å². The molecule has 0 aromatic heterocycles. The van der Waals surface area contributed by atoms with E-state index < -0.39 is 0 Å². The molecular weight excluding hydrogens is 76.1 g/mol. The quantitative estimate of drug-likeness (QED) is 0.477. The minimum Gasteiger partial charge on any atom is -0.403 e. The van der Waals surface area contributed by atoms with Crippen molar-refractivity contribution in [1.82, 2.24) is 0 Å². The molecule has 0 rings (SSSR count). The molecule has 0 amide bonds. The van der Waals surface area contributed by atoms with Crippen LogP contribution in [0.25, 0.3) is 0 Å². The van der Waals surface area contributed by atoms with E-state index in [2.05, 4.69) is 0 Å². The zero-order valence-corrected chi connectivity index (χ0v) is 3.94. The molecule has 2 heteroatoms. The van der Waals surface area contributed by atoms with Crippen molar-refractivity contribution in [3.63, 3.8) is 0 Å². The third-order valence-electron chi connectivity index (χ3n) is 0.622. The predicted molar refractivity (Wildman–Crippen MR) is 26.7 cm³/mol. The Kier molecular flexibility index (Phi) is 2.29. The molecule has 0 radical (unpaired) electrons. The van der Waals surface area contributed by atoms with Gasteiger partial charge in [-0.3, -0.25) is 0 Å². The van der Waals surface area contributed by atoms with Gasteiger partial charge in [-0.2, -0.15) is 0 Å². The second-order valence-corrected chi connectivity index (χ2v) is 1.10. The molecule has 0 aromatic rings. The normalized spacial score (nSPS) is 11.8. The fourth-order valence-electron chi connectivity index (χ4n) is 0.118. The van der Waals surface area contributed by atoms with Gasteiger partial charge in [-0.1, -0.05) is 6.92 Å². The van der Waals surface area contributed by atoms with Gasteiger partial charge in [0, 0.05) is 11.9 Å². The molecule has 0 saturated heterocycles. The van der Waals surface area contributed by atoms with Crippen molar-refractivity contribution in [3.05, 3.63) is 11.9 Å². The minimum absolute atomic E-state index is 0.745. The summed E-state index contributed by atoms with van der Waals surface area (Å²) in [6.07, 6.45) is 2.26. The topological polar surface area (TPSA) is 52.0 Å². The SMILES string of the molecule is CCC(N)=CN. The minimum atomic E-state index is 0.745. The summed E-state index contributed by atoms with van der Waals surface area (Å²) in [5.41, 5.74) is 10.9. The second kappa shape index (κ2) is 2.57. The van der Waals surface area contributed by atoms with Gasteiger partial charge in [0.25, 0.3) is 0 Å². The zero-order valence-electron chi connectivity index (χ0n) is 3.94. The number of nitrogens with two attached hydrogens (primary N) is 2. The first-order valence-corrected chi connectivity index (χ1v) is 1.97. The van der Waals surface area contributed by atoms with Crippen LogP contribution in [0.15, 0.2) is 11.9 Å². The molecule has 4 N–H and O–H groups in total. The summed E-state index contributed by atoms with van der Waals surface area (Å²) in [5.74, 6) is 0. The zero-order chi connectivity index (χ0) is 4.99. The molecule has 36 valence electrons. The van der Waals surface area contributed by atoms with Gasteiger partial charge in [-0.25, -0.2) is 0 Å². The molecule has 0 atom stereocenters. The van der Waals surface area contributed by atoms with Crippen LogP contribution in [0.4, 0.5) is 0 Å². The van der Waals surface area contributed by atoms with E-state index >= 15 is 0 Å². The highest BCUT2D eigenvalue weighted by atomic mass is 14.6. The van der Waals surface area contributed by atoms with Gasteiger partial charge in [0.2, 0.25) is 0 Å². The number of rotatable bonds is 1. The van der Waals surface area contributed by atoms with Gasteiger partial charge >= 0.3 is 0 Å². The molecule has 0 aliphatic carbocycles. The van der Waals surface area contributed by atoms with Gasteiger partial charge in [-0.15, -0.1) is 0 Å². The molecule has 0 unspecified atom stereocenters. The molecule has 0 bridgehead atoms. The van der Waals surface area contributed by atoms with Crippen LogP contribution in [-0.4, -0.2) is 0 Å². The standard InChI is InChI=1S/C4H10N2/c1-2-4(6)3-5/h3H,2,5-6H2,1H3.